The third kappa shape index (κ3) is 6.95. The van der Waals surface area contributed by atoms with E-state index in [2.05, 4.69) is 27.7 Å². The van der Waals surface area contributed by atoms with Gasteiger partial charge in [0.25, 0.3) is 0 Å². The van der Waals surface area contributed by atoms with E-state index in [9.17, 15) is 9.90 Å². The molecule has 4 saturated carbocycles. The van der Waals surface area contributed by atoms with Crippen LogP contribution in [0.2, 0.25) is 0 Å². The lowest BCUT2D eigenvalue weighted by molar-refractivity contribution is -0.253. The van der Waals surface area contributed by atoms with Crippen LogP contribution < -0.4 is 10.6 Å². The number of nitrogens with one attached hydrogen (secondary N) is 2. The second kappa shape index (κ2) is 12.9. The molecule has 6 fully saturated rings. The van der Waals surface area contributed by atoms with Crippen molar-refractivity contribution in [1.29, 1.82) is 0 Å². The summed E-state index contributed by atoms with van der Waals surface area (Å²) in [6, 6.07) is 16.0. The quantitative estimate of drug-likeness (QED) is 0.322. The van der Waals surface area contributed by atoms with Gasteiger partial charge in [-0.2, -0.15) is 0 Å². The number of nitrogens with zero attached hydrogens (tertiary/aromatic N) is 1. The van der Waals surface area contributed by atoms with Crippen molar-refractivity contribution in [3.8, 4) is 0 Å². The van der Waals surface area contributed by atoms with Crippen molar-refractivity contribution in [3.63, 3.8) is 0 Å². The summed E-state index contributed by atoms with van der Waals surface area (Å²) in [5.74, 6) is 2.36. The number of rotatable bonds is 7. The number of aliphatic hydroxyl groups excluding tert-OH is 1. The number of ether oxygens (including phenoxy) is 2. The Balaban J connectivity index is 1.05. The fourth-order valence-electron chi connectivity index (χ4n) is 9.25. The maximum atomic E-state index is 13.3. The van der Waals surface area contributed by atoms with Gasteiger partial charge in [0.2, 0.25) is 0 Å². The highest BCUT2D eigenvalue weighted by molar-refractivity contribution is 5.89. The van der Waals surface area contributed by atoms with Gasteiger partial charge >= 0.3 is 6.03 Å². The van der Waals surface area contributed by atoms with Gasteiger partial charge < -0.3 is 30.1 Å². The summed E-state index contributed by atoms with van der Waals surface area (Å²) < 4.78 is 13.3. The smallest absolute Gasteiger partial charge is 0.319 e. The molecular weight excluding hydrogens is 538 g/mol. The molecule has 2 aromatic carbocycles. The first-order chi connectivity index (χ1) is 21.0. The summed E-state index contributed by atoms with van der Waals surface area (Å²) >= 11 is 0. The van der Waals surface area contributed by atoms with Gasteiger partial charge in [-0.15, -0.1) is 0 Å². The van der Waals surface area contributed by atoms with Crippen molar-refractivity contribution < 1.29 is 19.4 Å². The Morgan fingerprint density at radius 1 is 0.837 bits per heavy atom. The second-order valence-electron chi connectivity index (χ2n) is 14.3. The summed E-state index contributed by atoms with van der Waals surface area (Å²) in [5, 5.41) is 16.1. The van der Waals surface area contributed by atoms with Crippen LogP contribution in [0.4, 0.5) is 10.5 Å². The first kappa shape index (κ1) is 29.3. The molecule has 0 unspecified atom stereocenters. The minimum atomic E-state index is -0.524. The predicted molar refractivity (Wildman–Crippen MR) is 167 cm³/mol. The van der Waals surface area contributed by atoms with Gasteiger partial charge in [0.1, 0.15) is 0 Å². The summed E-state index contributed by atoms with van der Waals surface area (Å²) in [5.41, 5.74) is 3.66. The Hall–Kier alpha value is -2.45. The zero-order valence-corrected chi connectivity index (χ0v) is 25.5. The number of benzene rings is 2. The Bertz CT molecular complexity index is 1210. The Morgan fingerprint density at radius 2 is 1.51 bits per heavy atom. The first-order valence-electron chi connectivity index (χ1n) is 16.9. The number of amides is 2. The van der Waals surface area contributed by atoms with Gasteiger partial charge in [0, 0.05) is 29.8 Å². The minimum absolute atomic E-state index is 0.0234. The van der Waals surface area contributed by atoms with Gasteiger partial charge in [-0.25, -0.2) is 4.79 Å². The van der Waals surface area contributed by atoms with Gasteiger partial charge in [0.05, 0.1) is 18.8 Å². The third-order valence-corrected chi connectivity index (χ3v) is 10.9. The molecule has 2 amide bonds. The second-order valence-corrected chi connectivity index (χ2v) is 14.3. The molecule has 8 rings (SSSR count). The Labute approximate surface area is 256 Å². The summed E-state index contributed by atoms with van der Waals surface area (Å²) in [4.78, 5) is 15.9. The molecule has 4 bridgehead atoms. The lowest BCUT2D eigenvalue weighted by Crippen LogP contribution is -2.60. The Morgan fingerprint density at radius 3 is 2.19 bits per heavy atom. The molecule has 0 spiro atoms. The molecule has 7 nitrogen and oxygen atoms in total. The van der Waals surface area contributed by atoms with Crippen molar-refractivity contribution in [2.24, 2.45) is 17.8 Å². The summed E-state index contributed by atoms with van der Waals surface area (Å²) in [6.07, 6.45) is 14.1. The number of carbonyl (C=O) groups excluding carboxylic acids is 1. The van der Waals surface area contributed by atoms with E-state index in [0.717, 1.165) is 85.4 Å². The number of urea groups is 1. The number of anilines is 1. The molecule has 6 aliphatic rings. The van der Waals surface area contributed by atoms with Crippen LogP contribution >= 0.6 is 0 Å². The molecular formula is C36H49N3O4. The predicted octanol–water partition coefficient (Wildman–Crippen LogP) is 7.08. The lowest BCUT2D eigenvalue weighted by Gasteiger charge is -2.56. The molecule has 0 aromatic heterocycles. The highest BCUT2D eigenvalue weighted by Crippen LogP contribution is 2.55. The van der Waals surface area contributed by atoms with E-state index in [1.165, 1.54) is 51.4 Å². The van der Waals surface area contributed by atoms with Crippen LogP contribution in [0.3, 0.4) is 0 Å². The molecule has 3 N–H and O–H groups in total. The average molecular weight is 588 g/mol. The van der Waals surface area contributed by atoms with Crippen molar-refractivity contribution in [3.05, 3.63) is 65.2 Å². The number of carbonyl (C=O) groups is 1. The fraction of sp³-hybridized carbons (Fsp3) is 0.639. The topological polar surface area (TPSA) is 83.1 Å². The number of aliphatic hydroxyl groups is 1. The molecule has 43 heavy (non-hydrogen) atoms. The molecule has 2 heterocycles. The molecule has 232 valence electrons. The standard InChI is InChI=1S/C36H49N3O4/c40-24-25-9-11-29(12-10-25)33-19-32(23-39-13-4-2-1-3-5-14-39)42-34(43-33)30-7-6-8-31(18-30)37-35(41)38-36-20-26-15-27(21-36)17-28(16-26)22-36/h6-12,18,26-28,32-34,40H,1-5,13-17,19-24H2,(H2,37,38,41)/t26?,27?,28?,32-,33+,34+,36?/m1/s1. The van der Waals surface area contributed by atoms with Gasteiger partial charge in [-0.05, 0) is 105 Å². The maximum absolute atomic E-state index is 13.3. The van der Waals surface area contributed by atoms with Crippen LogP contribution in [-0.4, -0.2) is 47.3 Å². The largest absolute Gasteiger partial charge is 0.392 e. The third-order valence-electron chi connectivity index (χ3n) is 10.9. The molecule has 0 radical (unpaired) electrons. The Kier molecular flexibility index (Phi) is 8.77. The molecule has 7 heteroatoms. The molecule has 2 aromatic rings. The van der Waals surface area contributed by atoms with E-state index in [4.69, 9.17) is 9.47 Å². The first-order valence-corrected chi connectivity index (χ1v) is 16.9. The van der Waals surface area contributed by atoms with Crippen LogP contribution in [0.25, 0.3) is 0 Å². The molecule has 2 saturated heterocycles. The van der Waals surface area contributed by atoms with Crippen molar-refractivity contribution in [2.75, 3.05) is 25.0 Å². The highest BCUT2D eigenvalue weighted by Gasteiger charge is 2.51. The van der Waals surface area contributed by atoms with Crippen molar-refractivity contribution in [2.45, 2.75) is 108 Å². The van der Waals surface area contributed by atoms with E-state index in [-0.39, 0.29) is 30.4 Å². The van der Waals surface area contributed by atoms with E-state index in [0.29, 0.717) is 0 Å². The SMILES string of the molecule is O=C(Nc1cccc([C@H]2O[C@@H](CN3CCCCCCC3)C[C@@H](c3ccc(CO)cc3)O2)c1)NC12CC3CC(CC(C3)C1)C2. The summed E-state index contributed by atoms with van der Waals surface area (Å²) in [7, 11) is 0. The number of hydrogen-bond acceptors (Lipinski definition) is 5. The van der Waals surface area contributed by atoms with E-state index < -0.39 is 6.29 Å². The maximum Gasteiger partial charge on any atom is 0.319 e. The fourth-order valence-corrected chi connectivity index (χ4v) is 9.25. The van der Waals surface area contributed by atoms with Crippen LogP contribution in [-0.2, 0) is 16.1 Å². The molecule has 3 atom stereocenters. The number of hydrogen-bond donors (Lipinski definition) is 3. The average Bonchev–Trinajstić information content (AvgIpc) is 2.97. The van der Waals surface area contributed by atoms with E-state index in [1.807, 2.05) is 36.4 Å². The van der Waals surface area contributed by atoms with Crippen LogP contribution in [0.1, 0.15) is 106 Å². The van der Waals surface area contributed by atoms with E-state index >= 15 is 0 Å². The van der Waals surface area contributed by atoms with Gasteiger partial charge in [-0.1, -0.05) is 55.7 Å². The normalized spacial score (nSPS) is 34.3. The van der Waals surface area contributed by atoms with Crippen molar-refractivity contribution in [1.82, 2.24) is 10.2 Å². The highest BCUT2D eigenvalue weighted by atomic mass is 16.7. The van der Waals surface area contributed by atoms with Gasteiger partial charge in [-0.3, -0.25) is 0 Å². The van der Waals surface area contributed by atoms with Crippen LogP contribution in [0, 0.1) is 17.8 Å². The van der Waals surface area contributed by atoms with Crippen LogP contribution in [0.15, 0.2) is 48.5 Å². The minimum Gasteiger partial charge on any atom is -0.392 e. The van der Waals surface area contributed by atoms with Crippen molar-refractivity contribution >= 4 is 11.7 Å². The lowest BCUT2D eigenvalue weighted by atomic mass is 9.53. The monoisotopic (exact) mass is 587 g/mol. The zero-order chi connectivity index (χ0) is 29.2. The summed E-state index contributed by atoms with van der Waals surface area (Å²) in [6.45, 7) is 3.18. The molecule has 4 aliphatic carbocycles. The molecule has 2 aliphatic heterocycles. The van der Waals surface area contributed by atoms with Gasteiger partial charge in [0.15, 0.2) is 6.29 Å². The number of likely N-dealkylation sites (tertiary alicyclic amines) is 1. The van der Waals surface area contributed by atoms with E-state index in [1.54, 1.807) is 0 Å². The van der Waals surface area contributed by atoms with Crippen LogP contribution in [0.5, 0.6) is 0 Å². The zero-order valence-electron chi connectivity index (χ0n) is 25.5.